The summed E-state index contributed by atoms with van der Waals surface area (Å²) in [5.41, 5.74) is 3.89. The zero-order valence-corrected chi connectivity index (χ0v) is 25.6. The van der Waals surface area contributed by atoms with Gasteiger partial charge in [0.2, 0.25) is 0 Å². The first-order valence-corrected chi connectivity index (χ1v) is 14.9. The normalized spacial score (nSPS) is 14.5. The fourth-order valence-electron chi connectivity index (χ4n) is 4.62. The Kier molecular flexibility index (Phi) is 11.8. The number of ether oxygens (including phenoxy) is 2. The predicted molar refractivity (Wildman–Crippen MR) is 167 cm³/mol. The van der Waals surface area contributed by atoms with Crippen LogP contribution in [0.2, 0.25) is 20.1 Å². The first-order chi connectivity index (χ1) is 20.3. The Morgan fingerprint density at radius 1 is 0.929 bits per heavy atom. The van der Waals surface area contributed by atoms with Crippen LogP contribution in [-0.4, -0.2) is 54.7 Å². The number of halogens is 4. The molecule has 11 heteroatoms. The van der Waals surface area contributed by atoms with Gasteiger partial charge in [-0.15, -0.1) is 0 Å². The van der Waals surface area contributed by atoms with Gasteiger partial charge in [-0.25, -0.2) is 0 Å². The van der Waals surface area contributed by atoms with Crippen molar-refractivity contribution in [3.63, 3.8) is 0 Å². The number of amides is 1. The van der Waals surface area contributed by atoms with E-state index in [-0.39, 0.29) is 25.0 Å². The molecule has 1 amide bonds. The van der Waals surface area contributed by atoms with Gasteiger partial charge in [-0.1, -0.05) is 76.7 Å². The van der Waals surface area contributed by atoms with Crippen LogP contribution < -0.4 is 14.8 Å². The predicted octanol–water partition coefficient (Wildman–Crippen LogP) is 7.40. The number of carbonyl (C=O) groups is 2. The second-order valence-corrected chi connectivity index (χ2v) is 11.3. The number of carbonyl (C=O) groups excluding carboxylic acids is 1. The molecule has 0 saturated heterocycles. The monoisotopic (exact) mass is 650 g/mol. The van der Waals surface area contributed by atoms with Crippen LogP contribution >= 0.6 is 46.4 Å². The fraction of sp³-hybridized carbons (Fsp3) is 0.290. The van der Waals surface area contributed by atoms with Crippen LogP contribution in [0.25, 0.3) is 5.57 Å². The molecule has 1 aliphatic carbocycles. The van der Waals surface area contributed by atoms with Crippen LogP contribution in [0.4, 0.5) is 0 Å². The summed E-state index contributed by atoms with van der Waals surface area (Å²) in [5.74, 6) is 1.25. The first-order valence-electron chi connectivity index (χ1n) is 13.4. The highest BCUT2D eigenvalue weighted by atomic mass is 35.5. The maximum atomic E-state index is 13.8. The summed E-state index contributed by atoms with van der Waals surface area (Å²) < 4.78 is 11.5. The highest BCUT2D eigenvalue weighted by Gasteiger charge is 2.35. The van der Waals surface area contributed by atoms with Crippen LogP contribution in [0.1, 0.15) is 30.4 Å². The highest BCUT2D eigenvalue weighted by molar-refractivity contribution is 6.43. The lowest BCUT2D eigenvalue weighted by atomic mass is 9.93. The molecule has 42 heavy (non-hydrogen) atoms. The van der Waals surface area contributed by atoms with Gasteiger partial charge in [-0.3, -0.25) is 9.59 Å². The second-order valence-electron chi connectivity index (χ2n) is 9.66. The zero-order valence-electron chi connectivity index (χ0n) is 22.6. The molecule has 0 aromatic heterocycles. The molecule has 7 nitrogen and oxygen atoms in total. The lowest BCUT2D eigenvalue weighted by molar-refractivity contribution is -0.128. The van der Waals surface area contributed by atoms with E-state index < -0.39 is 0 Å². The molecular weight excluding hydrogens is 622 g/mol. The Labute approximate surface area is 264 Å². The molecule has 0 spiro atoms. The maximum Gasteiger partial charge on any atom is 0.290 e. The van der Waals surface area contributed by atoms with Gasteiger partial charge in [0.15, 0.2) is 0 Å². The van der Waals surface area contributed by atoms with Crippen LogP contribution in [0.5, 0.6) is 11.5 Å². The maximum absolute atomic E-state index is 13.8. The number of benzene rings is 3. The standard InChI is InChI=1S/C30H28Cl4N2O3.CH2O2/c31-25-4-2-1-3-20(25)18-36(21-7-8-21)30(37)24-17-35-12-11-23(24)19-5-9-22(10-6-19)38-13-14-39-29-16-27(33)26(32)15-28(29)34;2-1-3/h1-6,9-10,15-16,21,35H,7-8,11-14,17-18H2;1H,(H,2,3). The summed E-state index contributed by atoms with van der Waals surface area (Å²) in [6, 6.07) is 19.0. The van der Waals surface area contributed by atoms with E-state index in [0.717, 1.165) is 48.1 Å². The Balaban J connectivity index is 0.00000129. The zero-order chi connectivity index (χ0) is 30.1. The lowest BCUT2D eigenvalue weighted by Crippen LogP contribution is -2.39. The van der Waals surface area contributed by atoms with Crippen molar-refractivity contribution in [2.75, 3.05) is 26.3 Å². The third kappa shape index (κ3) is 8.55. The molecule has 1 aliphatic heterocycles. The minimum atomic E-state index is -0.250. The number of rotatable bonds is 10. The molecule has 5 rings (SSSR count). The van der Waals surface area contributed by atoms with Crippen molar-refractivity contribution >= 4 is 64.4 Å². The smallest absolute Gasteiger partial charge is 0.290 e. The van der Waals surface area contributed by atoms with Crippen LogP contribution in [0.15, 0.2) is 66.2 Å². The van der Waals surface area contributed by atoms with Crippen molar-refractivity contribution in [1.82, 2.24) is 10.2 Å². The van der Waals surface area contributed by atoms with E-state index in [0.29, 0.717) is 51.3 Å². The van der Waals surface area contributed by atoms with Crippen LogP contribution in [0.3, 0.4) is 0 Å². The van der Waals surface area contributed by atoms with E-state index >= 15 is 0 Å². The topological polar surface area (TPSA) is 88.1 Å². The van der Waals surface area contributed by atoms with Gasteiger partial charge in [0.05, 0.1) is 15.1 Å². The average Bonchev–Trinajstić information content (AvgIpc) is 3.83. The van der Waals surface area contributed by atoms with Gasteiger partial charge in [0.25, 0.3) is 12.4 Å². The van der Waals surface area contributed by atoms with E-state index in [1.807, 2.05) is 53.4 Å². The van der Waals surface area contributed by atoms with Gasteiger partial charge in [-0.2, -0.15) is 0 Å². The fourth-order valence-corrected chi connectivity index (χ4v) is 5.41. The van der Waals surface area contributed by atoms with E-state index in [2.05, 4.69) is 5.32 Å². The summed E-state index contributed by atoms with van der Waals surface area (Å²) in [7, 11) is 0. The highest BCUT2D eigenvalue weighted by Crippen LogP contribution is 2.35. The van der Waals surface area contributed by atoms with Crippen LogP contribution in [0, 0.1) is 0 Å². The van der Waals surface area contributed by atoms with Crippen molar-refractivity contribution in [3.05, 3.63) is 97.5 Å². The van der Waals surface area contributed by atoms with Crippen molar-refractivity contribution in [3.8, 4) is 11.5 Å². The van der Waals surface area contributed by atoms with Crippen LogP contribution in [-0.2, 0) is 16.1 Å². The summed E-state index contributed by atoms with van der Waals surface area (Å²) in [5, 5.41) is 12.1. The molecular formula is C31H30Cl4N2O5. The molecule has 3 aromatic carbocycles. The third-order valence-corrected chi connectivity index (χ3v) is 8.20. The van der Waals surface area contributed by atoms with E-state index in [4.69, 9.17) is 65.8 Å². The van der Waals surface area contributed by atoms with Crippen molar-refractivity contribution in [1.29, 1.82) is 0 Å². The number of nitrogens with zero attached hydrogens (tertiary/aromatic N) is 1. The van der Waals surface area contributed by atoms with Crippen molar-refractivity contribution in [2.24, 2.45) is 0 Å². The first kappa shape index (κ1) is 32.0. The van der Waals surface area contributed by atoms with E-state index in [1.165, 1.54) is 0 Å². The summed E-state index contributed by atoms with van der Waals surface area (Å²) >= 11 is 24.6. The average molecular weight is 652 g/mol. The summed E-state index contributed by atoms with van der Waals surface area (Å²) in [4.78, 5) is 24.2. The summed E-state index contributed by atoms with van der Waals surface area (Å²) in [6.07, 6.45) is 2.84. The Hall–Kier alpha value is -2.94. The minimum Gasteiger partial charge on any atom is -0.490 e. The Morgan fingerprint density at radius 2 is 1.60 bits per heavy atom. The van der Waals surface area contributed by atoms with Gasteiger partial charge in [-0.05, 0) is 66.8 Å². The SMILES string of the molecule is O=C(C1=C(c2ccc(OCCOc3cc(Cl)c(Cl)cc3Cl)cc2)CCNC1)N(Cc1ccccc1Cl)C1CC1.O=CO. The number of hydrogen-bond acceptors (Lipinski definition) is 5. The van der Waals surface area contributed by atoms with Crippen molar-refractivity contribution < 1.29 is 24.2 Å². The van der Waals surface area contributed by atoms with Gasteiger partial charge in [0.1, 0.15) is 24.7 Å². The molecule has 0 radical (unpaired) electrons. The minimum absolute atomic E-state index is 0.0815. The van der Waals surface area contributed by atoms with Gasteiger partial charge >= 0.3 is 0 Å². The largest absolute Gasteiger partial charge is 0.490 e. The number of hydrogen-bond donors (Lipinski definition) is 2. The molecule has 1 heterocycles. The quantitative estimate of drug-likeness (QED) is 0.135. The van der Waals surface area contributed by atoms with Crippen molar-refractivity contribution in [2.45, 2.75) is 31.8 Å². The summed E-state index contributed by atoms with van der Waals surface area (Å²) in [6.45, 7) is 2.25. The van der Waals surface area contributed by atoms with E-state index in [9.17, 15) is 4.79 Å². The van der Waals surface area contributed by atoms with Gasteiger partial charge < -0.3 is 24.8 Å². The molecule has 0 bridgehead atoms. The molecule has 1 fully saturated rings. The lowest BCUT2D eigenvalue weighted by Gasteiger charge is -2.28. The molecule has 0 atom stereocenters. The molecule has 2 aliphatic rings. The molecule has 0 unspecified atom stereocenters. The second kappa shape index (κ2) is 15.5. The number of carboxylic acid groups (broad SMARTS) is 1. The Bertz CT molecular complexity index is 1430. The Morgan fingerprint density at radius 3 is 2.29 bits per heavy atom. The molecule has 1 saturated carbocycles. The molecule has 222 valence electrons. The molecule has 2 N–H and O–H groups in total. The van der Waals surface area contributed by atoms with Gasteiger partial charge in [0, 0.05) is 35.8 Å². The number of nitrogens with one attached hydrogen (secondary N) is 1. The third-order valence-electron chi connectivity index (χ3n) is 6.81. The molecule has 3 aromatic rings. The van der Waals surface area contributed by atoms with E-state index in [1.54, 1.807) is 12.1 Å².